The number of nitrogens with one attached hydrogen (secondary N) is 1. The van der Waals surface area contributed by atoms with Gasteiger partial charge in [0, 0.05) is 38.3 Å². The Labute approximate surface area is 150 Å². The molecule has 6 nitrogen and oxygen atoms in total. The van der Waals surface area contributed by atoms with Crippen LogP contribution in [0.4, 0.5) is 5.69 Å². The second-order valence-electron chi connectivity index (χ2n) is 7.12. The Bertz CT molecular complexity index is 735. The highest BCUT2D eigenvalue weighted by Crippen LogP contribution is 2.31. The van der Waals surface area contributed by atoms with Crippen LogP contribution in [0.25, 0.3) is 0 Å². The molecule has 0 aromatic heterocycles. The Kier molecular flexibility index (Phi) is 5.46. The van der Waals surface area contributed by atoms with Gasteiger partial charge in [-0.1, -0.05) is 13.0 Å². The summed E-state index contributed by atoms with van der Waals surface area (Å²) in [5, 5.41) is 2.66. The minimum absolute atomic E-state index is 0.211. The van der Waals surface area contributed by atoms with Crippen LogP contribution in [0.3, 0.4) is 0 Å². The molecular formula is C18H27N3O3S. The van der Waals surface area contributed by atoms with Gasteiger partial charge >= 0.3 is 0 Å². The molecule has 1 aromatic carbocycles. The van der Waals surface area contributed by atoms with Crippen LogP contribution in [0.2, 0.25) is 0 Å². The zero-order valence-electron chi connectivity index (χ0n) is 14.9. The molecule has 7 heteroatoms. The van der Waals surface area contributed by atoms with Crippen molar-refractivity contribution in [2.24, 2.45) is 5.92 Å². The van der Waals surface area contributed by atoms with Crippen LogP contribution in [-0.4, -0.2) is 55.8 Å². The fraction of sp³-hybridized carbons (Fsp3) is 0.611. The average molecular weight is 365 g/mol. The van der Waals surface area contributed by atoms with Crippen molar-refractivity contribution in [3.8, 4) is 0 Å². The molecule has 4 rings (SSSR count). The van der Waals surface area contributed by atoms with Gasteiger partial charge in [0.15, 0.2) is 0 Å². The van der Waals surface area contributed by atoms with E-state index in [0.717, 1.165) is 32.4 Å². The summed E-state index contributed by atoms with van der Waals surface area (Å²) >= 11 is 0. The fourth-order valence-corrected chi connectivity index (χ4v) is 5.58. The normalized spacial score (nSPS) is 24.9. The summed E-state index contributed by atoms with van der Waals surface area (Å²) in [6.07, 6.45) is 3.26. The number of hydrogen-bond donors (Lipinski definition) is 1. The molecule has 1 amide bonds. The summed E-state index contributed by atoms with van der Waals surface area (Å²) < 4.78 is 28.0. The van der Waals surface area contributed by atoms with Crippen LogP contribution in [0, 0.1) is 5.92 Å². The van der Waals surface area contributed by atoms with Crippen molar-refractivity contribution in [3.05, 3.63) is 24.3 Å². The summed E-state index contributed by atoms with van der Waals surface area (Å²) in [7, 11) is -3.55. The van der Waals surface area contributed by atoms with Gasteiger partial charge in [-0.3, -0.25) is 9.69 Å². The third kappa shape index (κ3) is 4.04. The highest BCUT2D eigenvalue weighted by Gasteiger charge is 2.39. The van der Waals surface area contributed by atoms with E-state index < -0.39 is 10.0 Å². The molecule has 1 aromatic rings. The van der Waals surface area contributed by atoms with Gasteiger partial charge in [0.25, 0.3) is 0 Å². The molecule has 0 radical (unpaired) electrons. The van der Waals surface area contributed by atoms with Crippen LogP contribution in [-0.2, 0) is 14.8 Å². The maximum atomic E-state index is 13.2. The maximum absolute atomic E-state index is 13.2. The van der Waals surface area contributed by atoms with Crippen LogP contribution in [0.15, 0.2) is 29.2 Å². The summed E-state index contributed by atoms with van der Waals surface area (Å²) in [6, 6.07) is 6.85. The Morgan fingerprint density at radius 2 is 2.04 bits per heavy atom. The minimum Gasteiger partial charge on any atom is -0.326 e. The van der Waals surface area contributed by atoms with Gasteiger partial charge in [0.1, 0.15) is 0 Å². The summed E-state index contributed by atoms with van der Waals surface area (Å²) in [5.41, 5.74) is 0.513. The zero-order chi connectivity index (χ0) is 18.0. The monoisotopic (exact) mass is 365 g/mol. The second-order valence-corrected chi connectivity index (χ2v) is 9.06. The number of benzene rings is 1. The molecule has 3 saturated heterocycles. The number of anilines is 1. The molecular weight excluding hydrogens is 338 g/mol. The molecule has 2 atom stereocenters. The Morgan fingerprint density at radius 1 is 1.24 bits per heavy atom. The molecule has 0 spiro atoms. The van der Waals surface area contributed by atoms with E-state index in [4.69, 9.17) is 0 Å². The number of rotatable bonds is 5. The second kappa shape index (κ2) is 7.43. The maximum Gasteiger partial charge on any atom is 0.243 e. The van der Waals surface area contributed by atoms with Gasteiger partial charge in [0.05, 0.1) is 4.90 Å². The van der Waals surface area contributed by atoms with Crippen molar-refractivity contribution < 1.29 is 13.2 Å². The smallest absolute Gasteiger partial charge is 0.243 e. The molecule has 0 unspecified atom stereocenters. The van der Waals surface area contributed by atoms with Crippen molar-refractivity contribution in [2.45, 2.75) is 44.0 Å². The van der Waals surface area contributed by atoms with E-state index >= 15 is 0 Å². The SMILES string of the molecule is CCCN1C[C@H]2CC[C@@H]1CN(S(=O)(=O)c1cccc(NC(C)=O)c1)C2. The number of sulfonamides is 1. The van der Waals surface area contributed by atoms with E-state index in [1.54, 1.807) is 28.6 Å². The number of nitrogens with zero attached hydrogens (tertiary/aromatic N) is 2. The standard InChI is InChI=1S/C18H27N3O3S/c1-3-9-20-11-15-7-8-17(20)13-21(12-15)25(23,24)18-6-4-5-16(10-18)19-14(2)22/h4-6,10,15,17H,3,7-9,11-13H2,1-2H3,(H,19,22)/t15-,17-/m1/s1. The molecule has 2 bridgehead atoms. The molecule has 3 aliphatic rings. The fourth-order valence-electron chi connectivity index (χ4n) is 3.98. The number of carbonyl (C=O) groups is 1. The first-order chi connectivity index (χ1) is 11.9. The number of fused-ring (bicyclic) bond motifs is 4. The zero-order valence-corrected chi connectivity index (χ0v) is 15.8. The molecule has 3 heterocycles. The minimum atomic E-state index is -3.55. The van der Waals surface area contributed by atoms with E-state index in [9.17, 15) is 13.2 Å². The van der Waals surface area contributed by atoms with Crippen LogP contribution in [0.1, 0.15) is 33.1 Å². The van der Waals surface area contributed by atoms with Gasteiger partial charge in [-0.25, -0.2) is 8.42 Å². The predicted molar refractivity (Wildman–Crippen MR) is 97.9 cm³/mol. The van der Waals surface area contributed by atoms with Gasteiger partial charge in [0.2, 0.25) is 15.9 Å². The lowest BCUT2D eigenvalue weighted by Gasteiger charge is -2.35. The third-order valence-corrected chi connectivity index (χ3v) is 6.92. The Balaban J connectivity index is 1.84. The summed E-state index contributed by atoms with van der Waals surface area (Å²) in [6.45, 7) is 6.76. The van der Waals surface area contributed by atoms with Gasteiger partial charge in [-0.2, -0.15) is 4.31 Å². The van der Waals surface area contributed by atoms with Crippen molar-refractivity contribution in [3.63, 3.8) is 0 Å². The molecule has 1 N–H and O–H groups in total. The first-order valence-electron chi connectivity index (χ1n) is 9.02. The van der Waals surface area contributed by atoms with Crippen molar-refractivity contribution in [1.82, 2.24) is 9.21 Å². The van der Waals surface area contributed by atoms with Crippen LogP contribution in [0.5, 0.6) is 0 Å². The lowest BCUT2D eigenvalue weighted by atomic mass is 9.95. The summed E-state index contributed by atoms with van der Waals surface area (Å²) in [5.74, 6) is 0.191. The molecule has 3 aliphatic heterocycles. The largest absolute Gasteiger partial charge is 0.326 e. The van der Waals surface area contributed by atoms with Gasteiger partial charge in [-0.05, 0) is 49.9 Å². The Morgan fingerprint density at radius 3 is 2.76 bits per heavy atom. The highest BCUT2D eigenvalue weighted by atomic mass is 32.2. The number of piperidine rings is 1. The topological polar surface area (TPSA) is 69.7 Å². The first-order valence-corrected chi connectivity index (χ1v) is 10.5. The average Bonchev–Trinajstić information content (AvgIpc) is 2.87. The molecule has 3 fully saturated rings. The van der Waals surface area contributed by atoms with E-state index in [0.29, 0.717) is 30.7 Å². The molecule has 0 saturated carbocycles. The van der Waals surface area contributed by atoms with E-state index in [2.05, 4.69) is 17.1 Å². The van der Waals surface area contributed by atoms with Crippen molar-refractivity contribution in [1.29, 1.82) is 0 Å². The predicted octanol–water partition coefficient (Wildman–Crippen LogP) is 2.14. The lowest BCUT2D eigenvalue weighted by Crippen LogP contribution is -2.44. The summed E-state index contributed by atoms with van der Waals surface area (Å²) in [4.78, 5) is 13.9. The van der Waals surface area contributed by atoms with Crippen molar-refractivity contribution in [2.75, 3.05) is 31.5 Å². The van der Waals surface area contributed by atoms with E-state index in [1.807, 2.05) is 0 Å². The van der Waals surface area contributed by atoms with Gasteiger partial charge in [-0.15, -0.1) is 0 Å². The third-order valence-electron chi connectivity index (χ3n) is 5.10. The van der Waals surface area contributed by atoms with E-state index in [1.165, 1.54) is 6.92 Å². The molecule has 0 aliphatic carbocycles. The number of carbonyl (C=O) groups excluding carboxylic acids is 1. The quantitative estimate of drug-likeness (QED) is 0.868. The van der Waals surface area contributed by atoms with Crippen LogP contribution >= 0.6 is 0 Å². The first kappa shape index (κ1) is 18.4. The molecule has 25 heavy (non-hydrogen) atoms. The molecule has 138 valence electrons. The number of amides is 1. The highest BCUT2D eigenvalue weighted by molar-refractivity contribution is 7.89. The van der Waals surface area contributed by atoms with Crippen LogP contribution < -0.4 is 5.32 Å². The van der Waals surface area contributed by atoms with Gasteiger partial charge < -0.3 is 5.32 Å². The Hall–Kier alpha value is -1.44. The van der Waals surface area contributed by atoms with Crippen molar-refractivity contribution >= 4 is 21.6 Å². The lowest BCUT2D eigenvalue weighted by molar-refractivity contribution is -0.114. The number of hydrogen-bond acceptors (Lipinski definition) is 4. The van der Waals surface area contributed by atoms with E-state index in [-0.39, 0.29) is 10.8 Å².